The van der Waals surface area contributed by atoms with E-state index in [4.69, 9.17) is 14.5 Å². The van der Waals surface area contributed by atoms with Crippen LogP contribution in [0.2, 0.25) is 0 Å². The van der Waals surface area contributed by atoms with Crippen LogP contribution in [0.1, 0.15) is 24.0 Å². The minimum atomic E-state index is 0.0547. The highest BCUT2D eigenvalue weighted by atomic mass is 16.5. The molecule has 2 aliphatic rings. The molecule has 0 bridgehead atoms. The lowest BCUT2D eigenvalue weighted by Gasteiger charge is -2.37. The average Bonchev–Trinajstić information content (AvgIpc) is 3.16. The standard InChI is InChI=1S/C41H40N4O3/c46-41-44(25-10-26-45(41)37-15-8-3-9-16-37)29-32-23-27-43(28-24-32)36-19-17-35(18-20-36)38-21-22-39(47-30-33-11-4-1-5-12-33)42-40(38)48-31-34-13-6-2-7-14-34/h1-22,25,32H,23-24,26-31H2. The topological polar surface area (TPSA) is 58.1 Å². The molecule has 0 radical (unpaired) electrons. The van der Waals surface area contributed by atoms with Crippen LogP contribution < -0.4 is 19.3 Å². The number of benzene rings is 4. The second kappa shape index (κ2) is 14.9. The Hall–Kier alpha value is -5.56. The van der Waals surface area contributed by atoms with Crippen LogP contribution in [0.4, 0.5) is 16.2 Å². The van der Waals surface area contributed by atoms with E-state index < -0.39 is 0 Å². The lowest BCUT2D eigenvalue weighted by Crippen LogP contribution is -2.47. The number of ether oxygens (including phenoxy) is 2. The number of para-hydroxylation sites is 1. The highest BCUT2D eigenvalue weighted by molar-refractivity contribution is 5.93. The van der Waals surface area contributed by atoms with Crippen molar-refractivity contribution in [3.63, 3.8) is 0 Å². The van der Waals surface area contributed by atoms with Crippen LogP contribution in [0.15, 0.2) is 140 Å². The lowest BCUT2D eigenvalue weighted by atomic mass is 9.95. The van der Waals surface area contributed by atoms with E-state index in [1.54, 1.807) is 0 Å². The maximum Gasteiger partial charge on any atom is 0.328 e. The van der Waals surface area contributed by atoms with Gasteiger partial charge in [0.25, 0.3) is 0 Å². The van der Waals surface area contributed by atoms with Gasteiger partial charge >= 0.3 is 6.03 Å². The number of hydrogen-bond acceptors (Lipinski definition) is 5. The van der Waals surface area contributed by atoms with Crippen LogP contribution in [0.5, 0.6) is 11.8 Å². The fourth-order valence-electron chi connectivity index (χ4n) is 6.33. The fourth-order valence-corrected chi connectivity index (χ4v) is 6.33. The third-order valence-electron chi connectivity index (χ3n) is 9.01. The zero-order valence-corrected chi connectivity index (χ0v) is 27.0. The summed E-state index contributed by atoms with van der Waals surface area (Å²) in [5, 5.41) is 0. The summed E-state index contributed by atoms with van der Waals surface area (Å²) in [6.45, 7) is 4.12. The second-order valence-electron chi connectivity index (χ2n) is 12.3. The summed E-state index contributed by atoms with van der Waals surface area (Å²) in [5.41, 5.74) is 6.26. The third kappa shape index (κ3) is 7.52. The number of nitrogens with zero attached hydrogens (tertiary/aromatic N) is 4. The first-order chi connectivity index (χ1) is 23.7. The Kier molecular flexibility index (Phi) is 9.64. The highest BCUT2D eigenvalue weighted by Crippen LogP contribution is 2.34. The number of anilines is 2. The van der Waals surface area contributed by atoms with Crippen LogP contribution in [0.3, 0.4) is 0 Å². The van der Waals surface area contributed by atoms with Gasteiger partial charge in [0.1, 0.15) is 13.2 Å². The molecule has 2 amide bonds. The van der Waals surface area contributed by atoms with Crippen molar-refractivity contribution < 1.29 is 14.3 Å². The Bertz CT molecular complexity index is 1810. The number of piperidine rings is 1. The zero-order valence-electron chi connectivity index (χ0n) is 27.0. The maximum atomic E-state index is 13.3. The summed E-state index contributed by atoms with van der Waals surface area (Å²) in [6, 6.07) is 42.8. The van der Waals surface area contributed by atoms with E-state index in [1.807, 2.05) is 119 Å². The molecule has 0 atom stereocenters. The van der Waals surface area contributed by atoms with Crippen LogP contribution in [-0.2, 0) is 13.2 Å². The van der Waals surface area contributed by atoms with Crippen molar-refractivity contribution in [3.05, 3.63) is 151 Å². The molecule has 7 nitrogen and oxygen atoms in total. The maximum absolute atomic E-state index is 13.3. The molecule has 0 saturated carbocycles. The number of amides is 2. The predicted octanol–water partition coefficient (Wildman–Crippen LogP) is 8.58. The molecule has 4 aromatic carbocycles. The van der Waals surface area contributed by atoms with Crippen LogP contribution in [0, 0.1) is 5.92 Å². The van der Waals surface area contributed by atoms with E-state index in [0.29, 0.717) is 37.4 Å². The van der Waals surface area contributed by atoms with E-state index in [1.165, 1.54) is 5.69 Å². The molecule has 48 heavy (non-hydrogen) atoms. The van der Waals surface area contributed by atoms with Gasteiger partial charge in [0.15, 0.2) is 0 Å². The number of urea groups is 1. The van der Waals surface area contributed by atoms with Crippen molar-refractivity contribution >= 4 is 17.4 Å². The van der Waals surface area contributed by atoms with Gasteiger partial charge in [-0.25, -0.2) is 4.79 Å². The summed E-state index contributed by atoms with van der Waals surface area (Å²) in [7, 11) is 0. The summed E-state index contributed by atoms with van der Waals surface area (Å²) >= 11 is 0. The second-order valence-corrected chi connectivity index (χ2v) is 12.3. The molecule has 0 N–H and O–H groups in total. The molecule has 0 aliphatic carbocycles. The zero-order chi connectivity index (χ0) is 32.5. The van der Waals surface area contributed by atoms with Crippen LogP contribution >= 0.6 is 0 Å². The molecule has 7 heteroatoms. The Morgan fingerprint density at radius 1 is 0.667 bits per heavy atom. The summed E-state index contributed by atoms with van der Waals surface area (Å²) < 4.78 is 12.3. The molecule has 5 aromatic rings. The molecule has 3 heterocycles. The summed E-state index contributed by atoms with van der Waals surface area (Å²) in [6.07, 6.45) is 6.11. The highest BCUT2D eigenvalue weighted by Gasteiger charge is 2.28. The van der Waals surface area contributed by atoms with Crippen molar-refractivity contribution in [2.75, 3.05) is 36.0 Å². The van der Waals surface area contributed by atoms with Gasteiger partial charge in [0.2, 0.25) is 11.8 Å². The van der Waals surface area contributed by atoms with E-state index in [-0.39, 0.29) is 6.03 Å². The van der Waals surface area contributed by atoms with E-state index >= 15 is 0 Å². The molecule has 0 spiro atoms. The normalized spacial score (nSPS) is 15.1. The molecule has 2 aliphatic heterocycles. The fraction of sp³-hybridized carbons (Fsp3) is 0.220. The van der Waals surface area contributed by atoms with Gasteiger partial charge in [-0.1, -0.05) is 91.0 Å². The molecule has 1 saturated heterocycles. The Balaban J connectivity index is 0.991. The monoisotopic (exact) mass is 636 g/mol. The molecule has 1 aromatic heterocycles. The van der Waals surface area contributed by atoms with Gasteiger partial charge in [-0.2, -0.15) is 4.98 Å². The summed E-state index contributed by atoms with van der Waals surface area (Å²) in [5.74, 6) is 1.53. The van der Waals surface area contributed by atoms with Gasteiger partial charge in [-0.15, -0.1) is 0 Å². The Morgan fingerprint density at radius 2 is 1.29 bits per heavy atom. The minimum absolute atomic E-state index is 0.0547. The van der Waals surface area contributed by atoms with Gasteiger partial charge in [0, 0.05) is 55.4 Å². The first-order valence-electron chi connectivity index (χ1n) is 16.7. The SMILES string of the molecule is O=C1N(CC2CCN(c3ccc(-c4ccc(OCc5ccccc5)nc4OCc4ccccc4)cc3)CC2)C=CCN1c1ccccc1. The van der Waals surface area contributed by atoms with Crippen molar-refractivity contribution in [3.8, 4) is 22.9 Å². The molecule has 242 valence electrons. The molecule has 0 unspecified atom stereocenters. The van der Waals surface area contributed by atoms with Crippen molar-refractivity contribution in [2.45, 2.75) is 26.1 Å². The minimum Gasteiger partial charge on any atom is -0.473 e. The Labute approximate surface area is 282 Å². The number of pyridine rings is 1. The predicted molar refractivity (Wildman–Crippen MR) is 191 cm³/mol. The van der Waals surface area contributed by atoms with Gasteiger partial charge in [-0.3, -0.25) is 4.90 Å². The van der Waals surface area contributed by atoms with Crippen molar-refractivity contribution in [1.29, 1.82) is 0 Å². The Morgan fingerprint density at radius 3 is 1.96 bits per heavy atom. The number of hydrogen-bond donors (Lipinski definition) is 0. The van der Waals surface area contributed by atoms with Crippen LogP contribution in [0.25, 0.3) is 11.1 Å². The quantitative estimate of drug-likeness (QED) is 0.145. The number of aromatic nitrogens is 1. The molecular weight excluding hydrogens is 596 g/mol. The largest absolute Gasteiger partial charge is 0.473 e. The average molecular weight is 637 g/mol. The van der Waals surface area contributed by atoms with E-state index in [2.05, 4.69) is 35.2 Å². The van der Waals surface area contributed by atoms with Crippen molar-refractivity contribution in [2.24, 2.45) is 5.92 Å². The van der Waals surface area contributed by atoms with Crippen LogP contribution in [-0.4, -0.2) is 42.1 Å². The first kappa shape index (κ1) is 31.1. The molecule has 7 rings (SSSR count). The number of carbonyl (C=O) groups excluding carboxylic acids is 1. The number of rotatable bonds is 11. The molecular formula is C41H40N4O3. The lowest BCUT2D eigenvalue weighted by molar-refractivity contribution is 0.208. The smallest absolute Gasteiger partial charge is 0.328 e. The third-order valence-corrected chi connectivity index (χ3v) is 9.01. The molecule has 1 fully saturated rings. The van der Waals surface area contributed by atoms with Gasteiger partial charge < -0.3 is 19.3 Å². The van der Waals surface area contributed by atoms with Crippen molar-refractivity contribution in [1.82, 2.24) is 9.88 Å². The van der Waals surface area contributed by atoms with Gasteiger partial charge in [0.05, 0.1) is 0 Å². The summed E-state index contributed by atoms with van der Waals surface area (Å²) in [4.78, 5) is 24.2. The first-order valence-corrected chi connectivity index (χ1v) is 16.7. The van der Waals surface area contributed by atoms with E-state index in [9.17, 15) is 4.79 Å². The number of carbonyl (C=O) groups is 1. The van der Waals surface area contributed by atoms with Gasteiger partial charge in [-0.05, 0) is 71.9 Å². The van der Waals surface area contributed by atoms with E-state index in [0.717, 1.165) is 60.4 Å².